The predicted octanol–water partition coefficient (Wildman–Crippen LogP) is 3.38. The Hall–Kier alpha value is -3.99. The third-order valence-corrected chi connectivity index (χ3v) is 6.14. The molecular weight excluding hydrogens is 442 g/mol. The average molecular weight is 472 g/mol. The van der Waals surface area contributed by atoms with Crippen molar-refractivity contribution in [2.24, 2.45) is 5.92 Å². The molecule has 2 atom stereocenters. The molecule has 2 aromatic carbocycles. The van der Waals surface area contributed by atoms with Crippen LogP contribution in [0.4, 0.5) is 5.82 Å². The van der Waals surface area contributed by atoms with E-state index in [1.807, 2.05) is 59.5 Å². The van der Waals surface area contributed by atoms with Crippen LogP contribution >= 0.6 is 0 Å². The minimum absolute atomic E-state index is 0.233. The number of hydrogen-bond acceptors (Lipinski definition) is 7. The van der Waals surface area contributed by atoms with Gasteiger partial charge in [0.05, 0.1) is 29.6 Å². The highest BCUT2D eigenvalue weighted by Gasteiger charge is 2.33. The van der Waals surface area contributed by atoms with Gasteiger partial charge in [-0.3, -0.25) is 9.59 Å². The van der Waals surface area contributed by atoms with E-state index in [0.29, 0.717) is 55.2 Å². The number of para-hydroxylation sites is 2. The number of ether oxygens (including phenoxy) is 1. The first kappa shape index (κ1) is 24.1. The molecule has 2 heterocycles. The molecule has 3 aromatic rings. The lowest BCUT2D eigenvalue weighted by molar-refractivity contribution is -0.148. The molecule has 0 radical (unpaired) electrons. The summed E-state index contributed by atoms with van der Waals surface area (Å²) >= 11 is 0. The second-order valence-electron chi connectivity index (χ2n) is 8.55. The van der Waals surface area contributed by atoms with Gasteiger partial charge in [0.15, 0.2) is 11.7 Å². The Morgan fingerprint density at radius 3 is 2.57 bits per heavy atom. The summed E-state index contributed by atoms with van der Waals surface area (Å²) < 4.78 is 5.24. The molecule has 35 heavy (non-hydrogen) atoms. The van der Waals surface area contributed by atoms with Crippen LogP contribution in [-0.4, -0.2) is 48.1 Å². The van der Waals surface area contributed by atoms with E-state index in [1.54, 1.807) is 6.92 Å². The summed E-state index contributed by atoms with van der Waals surface area (Å²) in [4.78, 5) is 37.0. The van der Waals surface area contributed by atoms with E-state index >= 15 is 0 Å². The summed E-state index contributed by atoms with van der Waals surface area (Å²) in [6, 6.07) is 19.4. The maximum Gasteiger partial charge on any atom is 0.310 e. The van der Waals surface area contributed by atoms with Crippen molar-refractivity contribution in [2.45, 2.75) is 32.1 Å². The molecule has 0 aliphatic carbocycles. The van der Waals surface area contributed by atoms with Gasteiger partial charge < -0.3 is 15.0 Å². The maximum absolute atomic E-state index is 13.1. The van der Waals surface area contributed by atoms with Gasteiger partial charge in [0.25, 0.3) is 0 Å². The number of benzene rings is 2. The molecule has 0 saturated carbocycles. The molecule has 1 saturated heterocycles. The summed E-state index contributed by atoms with van der Waals surface area (Å²) in [6.07, 6.45) is 2.17. The number of nitriles is 1. The first-order valence-electron chi connectivity index (χ1n) is 12.0. The number of carbonyl (C=O) groups is 2. The third kappa shape index (κ3) is 5.75. The Morgan fingerprint density at radius 2 is 1.86 bits per heavy atom. The Bertz CT molecular complexity index is 1220. The van der Waals surface area contributed by atoms with Gasteiger partial charge in [-0.15, -0.1) is 0 Å². The van der Waals surface area contributed by atoms with Crippen molar-refractivity contribution in [1.29, 1.82) is 5.26 Å². The fourth-order valence-electron chi connectivity index (χ4n) is 4.37. The molecule has 4 rings (SSSR count). The van der Waals surface area contributed by atoms with Gasteiger partial charge in [-0.05, 0) is 43.9 Å². The first-order valence-corrected chi connectivity index (χ1v) is 12.0. The predicted molar refractivity (Wildman–Crippen MR) is 133 cm³/mol. The topological polar surface area (TPSA) is 108 Å². The number of esters is 1. The van der Waals surface area contributed by atoms with Crippen LogP contribution in [-0.2, 0) is 20.7 Å². The summed E-state index contributed by atoms with van der Waals surface area (Å²) in [7, 11) is 0. The molecule has 1 fully saturated rings. The zero-order valence-corrected chi connectivity index (χ0v) is 19.8. The molecule has 1 N–H and O–H groups in total. The Kier molecular flexibility index (Phi) is 7.88. The largest absolute Gasteiger partial charge is 0.466 e. The monoisotopic (exact) mass is 471 g/mol. The summed E-state index contributed by atoms with van der Waals surface area (Å²) in [5.74, 6) is -1.58. The quantitative estimate of drug-likeness (QED) is 0.502. The fraction of sp³-hybridized carbons (Fsp3) is 0.370. The standard InChI is InChI=1S/C27H29N5O3/c1-2-35-27(34)20-11-8-16-32(18-20)25-24(30-22-12-6-7-13-23(22)31-25)21(17-28)26(33)29-15-14-19-9-4-3-5-10-19/h3-7,9-10,12-13,20-21H,2,8,11,14-16,18H2,1H3,(H,29,33)/t20-,21-/m1/s1. The minimum Gasteiger partial charge on any atom is -0.466 e. The van der Waals surface area contributed by atoms with Crippen molar-refractivity contribution in [3.05, 3.63) is 65.9 Å². The SMILES string of the molecule is CCOC(=O)[C@@H]1CCCN(c2nc3ccccc3nc2[C@@H](C#N)C(=O)NCCc2ccccc2)C1. The maximum atomic E-state index is 13.1. The highest BCUT2D eigenvalue weighted by atomic mass is 16.5. The van der Waals surface area contributed by atoms with Gasteiger partial charge in [0.1, 0.15) is 5.69 Å². The van der Waals surface area contributed by atoms with Crippen molar-refractivity contribution in [3.63, 3.8) is 0 Å². The average Bonchev–Trinajstić information content (AvgIpc) is 2.89. The molecule has 0 spiro atoms. The number of rotatable bonds is 8. The van der Waals surface area contributed by atoms with Gasteiger partial charge in [-0.1, -0.05) is 42.5 Å². The van der Waals surface area contributed by atoms with Gasteiger partial charge in [0.2, 0.25) is 5.91 Å². The second kappa shape index (κ2) is 11.4. The molecule has 180 valence electrons. The van der Waals surface area contributed by atoms with Crippen LogP contribution in [0.5, 0.6) is 0 Å². The molecule has 0 unspecified atom stereocenters. The van der Waals surface area contributed by atoms with Gasteiger partial charge in [0, 0.05) is 19.6 Å². The molecule has 1 aliphatic rings. The number of nitrogens with zero attached hydrogens (tertiary/aromatic N) is 4. The van der Waals surface area contributed by atoms with E-state index in [9.17, 15) is 14.9 Å². The van der Waals surface area contributed by atoms with Crippen LogP contribution in [0.1, 0.15) is 36.9 Å². The summed E-state index contributed by atoms with van der Waals surface area (Å²) in [6.45, 7) is 3.59. The van der Waals surface area contributed by atoms with E-state index in [1.165, 1.54) is 0 Å². The smallest absolute Gasteiger partial charge is 0.310 e. The Morgan fingerprint density at radius 1 is 1.14 bits per heavy atom. The number of piperidine rings is 1. The highest BCUT2D eigenvalue weighted by Crippen LogP contribution is 2.30. The van der Waals surface area contributed by atoms with Crippen LogP contribution in [0.2, 0.25) is 0 Å². The molecule has 1 aliphatic heterocycles. The van der Waals surface area contributed by atoms with Gasteiger partial charge in [-0.25, -0.2) is 9.97 Å². The number of anilines is 1. The van der Waals surface area contributed by atoms with Crippen LogP contribution < -0.4 is 10.2 Å². The van der Waals surface area contributed by atoms with Gasteiger partial charge in [-0.2, -0.15) is 5.26 Å². The third-order valence-electron chi connectivity index (χ3n) is 6.14. The normalized spacial score (nSPS) is 16.3. The van der Waals surface area contributed by atoms with Crippen molar-refractivity contribution >= 4 is 28.7 Å². The molecule has 8 nitrogen and oxygen atoms in total. The molecule has 1 aromatic heterocycles. The van der Waals surface area contributed by atoms with Crippen molar-refractivity contribution < 1.29 is 14.3 Å². The highest BCUT2D eigenvalue weighted by molar-refractivity contribution is 5.89. The summed E-state index contributed by atoms with van der Waals surface area (Å²) in [5, 5.41) is 12.9. The van der Waals surface area contributed by atoms with E-state index < -0.39 is 11.8 Å². The lowest BCUT2D eigenvalue weighted by atomic mass is 9.97. The van der Waals surface area contributed by atoms with Crippen molar-refractivity contribution in [1.82, 2.24) is 15.3 Å². The van der Waals surface area contributed by atoms with E-state index in [4.69, 9.17) is 14.7 Å². The van der Waals surface area contributed by atoms with Crippen LogP contribution in [0.25, 0.3) is 11.0 Å². The Labute approximate surface area is 204 Å². The molecule has 0 bridgehead atoms. The molecule has 1 amide bonds. The van der Waals surface area contributed by atoms with Crippen LogP contribution in [0.15, 0.2) is 54.6 Å². The zero-order chi connectivity index (χ0) is 24.6. The van der Waals surface area contributed by atoms with Crippen LogP contribution in [0, 0.1) is 17.2 Å². The molecule has 8 heteroatoms. The number of amides is 1. The van der Waals surface area contributed by atoms with Crippen molar-refractivity contribution in [3.8, 4) is 6.07 Å². The second-order valence-corrected chi connectivity index (χ2v) is 8.55. The van der Waals surface area contributed by atoms with E-state index in [2.05, 4.69) is 11.4 Å². The lowest BCUT2D eigenvalue weighted by Gasteiger charge is -2.33. The van der Waals surface area contributed by atoms with E-state index in [-0.39, 0.29) is 11.9 Å². The number of carbonyl (C=O) groups excluding carboxylic acids is 2. The number of hydrogen-bond donors (Lipinski definition) is 1. The minimum atomic E-state index is -1.12. The summed E-state index contributed by atoms with van der Waals surface area (Å²) in [5.41, 5.74) is 2.70. The number of aromatic nitrogens is 2. The van der Waals surface area contributed by atoms with Crippen molar-refractivity contribution in [2.75, 3.05) is 31.1 Å². The van der Waals surface area contributed by atoms with Gasteiger partial charge >= 0.3 is 5.97 Å². The zero-order valence-electron chi connectivity index (χ0n) is 19.8. The number of fused-ring (bicyclic) bond motifs is 1. The van der Waals surface area contributed by atoms with E-state index in [0.717, 1.165) is 18.4 Å². The van der Waals surface area contributed by atoms with Crippen LogP contribution in [0.3, 0.4) is 0 Å². The Balaban J connectivity index is 1.60. The first-order chi connectivity index (χ1) is 17.1. The fourth-order valence-corrected chi connectivity index (χ4v) is 4.37. The molecular formula is C27H29N5O3. The lowest BCUT2D eigenvalue weighted by Crippen LogP contribution is -2.41. The number of nitrogens with one attached hydrogen (secondary N) is 1.